The van der Waals surface area contributed by atoms with E-state index in [-0.39, 0.29) is 11.6 Å². The molecule has 0 aliphatic rings. The Balaban J connectivity index is 2.44. The lowest BCUT2D eigenvalue weighted by molar-refractivity contribution is 0.178. The van der Waals surface area contributed by atoms with Crippen LogP contribution in [0.3, 0.4) is 0 Å². The Labute approximate surface area is 127 Å². The second kappa shape index (κ2) is 10.4. The number of rotatable bonds is 8. The fourth-order valence-electron chi connectivity index (χ4n) is 1.30. The number of carbonyl (C=O) groups is 2. The summed E-state index contributed by atoms with van der Waals surface area (Å²) in [4.78, 5) is 26.7. The Morgan fingerprint density at radius 3 is 2.23 bits per heavy atom. The van der Waals surface area contributed by atoms with Crippen LogP contribution in [0.1, 0.15) is 0 Å². The Morgan fingerprint density at radius 2 is 1.64 bits per heavy atom. The molecular formula is C13H19N3O6. The van der Waals surface area contributed by atoms with E-state index < -0.39 is 12.2 Å². The smallest absolute Gasteiger partial charge is 0.410 e. The van der Waals surface area contributed by atoms with Crippen LogP contribution in [0.2, 0.25) is 0 Å². The molecular weight excluding hydrogens is 294 g/mol. The number of nitrogens with one attached hydrogen (secondary N) is 2. The van der Waals surface area contributed by atoms with Gasteiger partial charge in [-0.05, 0) is 6.07 Å². The lowest BCUT2D eigenvalue weighted by Gasteiger charge is -2.08. The molecule has 22 heavy (non-hydrogen) atoms. The molecule has 0 aliphatic carbocycles. The second-order valence-electron chi connectivity index (χ2n) is 3.95. The van der Waals surface area contributed by atoms with Gasteiger partial charge in [-0.1, -0.05) is 0 Å². The Morgan fingerprint density at radius 1 is 1.05 bits per heavy atom. The molecule has 1 heterocycles. The van der Waals surface area contributed by atoms with Crippen LogP contribution in [-0.4, -0.2) is 57.7 Å². The molecule has 2 amide bonds. The highest BCUT2D eigenvalue weighted by atomic mass is 16.6. The van der Waals surface area contributed by atoms with E-state index in [2.05, 4.69) is 15.6 Å². The summed E-state index contributed by atoms with van der Waals surface area (Å²) < 4.78 is 19.5. The summed E-state index contributed by atoms with van der Waals surface area (Å²) >= 11 is 0. The van der Waals surface area contributed by atoms with Gasteiger partial charge in [0.15, 0.2) is 0 Å². The Kier molecular flexibility index (Phi) is 8.31. The summed E-state index contributed by atoms with van der Waals surface area (Å²) in [7, 11) is 3.05. The van der Waals surface area contributed by atoms with Gasteiger partial charge in [-0.15, -0.1) is 0 Å². The molecule has 0 aliphatic heterocycles. The van der Waals surface area contributed by atoms with Crippen molar-refractivity contribution >= 4 is 12.2 Å². The third-order valence-corrected chi connectivity index (χ3v) is 2.27. The zero-order valence-corrected chi connectivity index (χ0v) is 12.5. The first kappa shape index (κ1) is 17.7. The molecule has 9 nitrogen and oxygen atoms in total. The lowest BCUT2D eigenvalue weighted by Crippen LogP contribution is -2.30. The maximum atomic E-state index is 11.5. The highest BCUT2D eigenvalue weighted by Gasteiger charge is 2.08. The third-order valence-electron chi connectivity index (χ3n) is 2.27. The van der Waals surface area contributed by atoms with Gasteiger partial charge in [0.2, 0.25) is 5.88 Å². The van der Waals surface area contributed by atoms with Crippen LogP contribution < -0.4 is 20.1 Å². The van der Waals surface area contributed by atoms with Gasteiger partial charge in [0.25, 0.3) is 0 Å². The van der Waals surface area contributed by atoms with E-state index >= 15 is 0 Å². The molecule has 0 atom stereocenters. The summed E-state index contributed by atoms with van der Waals surface area (Å²) in [5.74, 6) is 0.210. The minimum atomic E-state index is -0.675. The zero-order chi connectivity index (χ0) is 16.2. The maximum Gasteiger partial charge on any atom is 0.414 e. The highest BCUT2D eigenvalue weighted by molar-refractivity contribution is 5.71. The van der Waals surface area contributed by atoms with Crippen LogP contribution >= 0.6 is 0 Å². The maximum absolute atomic E-state index is 11.5. The van der Waals surface area contributed by atoms with Crippen molar-refractivity contribution in [1.82, 2.24) is 15.6 Å². The van der Waals surface area contributed by atoms with Crippen molar-refractivity contribution < 1.29 is 28.5 Å². The van der Waals surface area contributed by atoms with Gasteiger partial charge >= 0.3 is 12.2 Å². The molecule has 0 unspecified atom stereocenters. The number of ether oxygens (including phenoxy) is 4. The van der Waals surface area contributed by atoms with E-state index in [1.807, 2.05) is 0 Å². The molecule has 122 valence electrons. The quantitative estimate of drug-likeness (QED) is 0.675. The number of pyridine rings is 1. The molecule has 9 heteroatoms. The van der Waals surface area contributed by atoms with Crippen molar-refractivity contribution in [2.75, 3.05) is 40.5 Å². The van der Waals surface area contributed by atoms with Crippen molar-refractivity contribution in [2.24, 2.45) is 0 Å². The average Bonchev–Trinajstić information content (AvgIpc) is 2.48. The van der Waals surface area contributed by atoms with E-state index in [1.54, 1.807) is 0 Å². The topological polar surface area (TPSA) is 108 Å². The first-order chi connectivity index (χ1) is 10.7. The number of methoxy groups -OCH3 is 2. The SMILES string of the molecule is COCCNC(=O)Oc1ccnc(OC(=O)NCCOC)c1. The van der Waals surface area contributed by atoms with Crippen LogP contribution in [-0.2, 0) is 9.47 Å². The molecule has 0 aromatic carbocycles. The monoisotopic (exact) mass is 313 g/mol. The predicted molar refractivity (Wildman–Crippen MR) is 76.0 cm³/mol. The first-order valence-corrected chi connectivity index (χ1v) is 6.51. The van der Waals surface area contributed by atoms with Crippen molar-refractivity contribution in [2.45, 2.75) is 0 Å². The third kappa shape index (κ3) is 7.41. The normalized spacial score (nSPS) is 9.91. The van der Waals surface area contributed by atoms with Crippen molar-refractivity contribution in [3.63, 3.8) is 0 Å². The van der Waals surface area contributed by atoms with Crippen molar-refractivity contribution in [1.29, 1.82) is 0 Å². The van der Waals surface area contributed by atoms with Crippen molar-refractivity contribution in [3.05, 3.63) is 18.3 Å². The number of hydrogen-bond donors (Lipinski definition) is 2. The number of carbonyl (C=O) groups excluding carboxylic acids is 2. The predicted octanol–water partition coefficient (Wildman–Crippen LogP) is 0.551. The lowest BCUT2D eigenvalue weighted by atomic mass is 10.4. The number of aromatic nitrogens is 1. The number of nitrogens with zero attached hydrogens (tertiary/aromatic N) is 1. The highest BCUT2D eigenvalue weighted by Crippen LogP contribution is 2.16. The molecule has 1 rings (SSSR count). The standard InChI is InChI=1S/C13H19N3O6/c1-19-7-5-15-12(17)21-10-3-4-14-11(9-10)22-13(18)16-6-8-20-2/h3-4,9H,5-8H2,1-2H3,(H,15,17)(H,16,18). The molecule has 1 aromatic heterocycles. The van der Waals surface area contributed by atoms with Crippen LogP contribution in [0, 0.1) is 0 Å². The number of amides is 2. The van der Waals surface area contributed by atoms with Crippen LogP contribution in [0.25, 0.3) is 0 Å². The number of hydrogen-bond acceptors (Lipinski definition) is 7. The minimum Gasteiger partial charge on any atom is -0.410 e. The zero-order valence-electron chi connectivity index (χ0n) is 12.5. The van der Waals surface area contributed by atoms with E-state index in [4.69, 9.17) is 18.9 Å². The second-order valence-corrected chi connectivity index (χ2v) is 3.95. The van der Waals surface area contributed by atoms with Gasteiger partial charge in [-0.3, -0.25) is 0 Å². The van der Waals surface area contributed by atoms with E-state index in [0.717, 1.165) is 0 Å². The van der Waals surface area contributed by atoms with Crippen LogP contribution in [0.5, 0.6) is 11.6 Å². The molecule has 2 N–H and O–H groups in total. The van der Waals surface area contributed by atoms with E-state index in [1.165, 1.54) is 32.5 Å². The molecule has 0 bridgehead atoms. The van der Waals surface area contributed by atoms with Gasteiger partial charge in [-0.2, -0.15) is 0 Å². The fraction of sp³-hybridized carbons (Fsp3) is 0.462. The Hall–Kier alpha value is -2.39. The molecule has 0 spiro atoms. The Bertz CT molecular complexity index is 443. The summed E-state index contributed by atoms with van der Waals surface area (Å²) in [6, 6.07) is 2.79. The molecule has 1 aromatic rings. The van der Waals surface area contributed by atoms with E-state index in [9.17, 15) is 9.59 Å². The van der Waals surface area contributed by atoms with Gasteiger partial charge in [0.05, 0.1) is 13.2 Å². The van der Waals surface area contributed by atoms with Crippen LogP contribution in [0.4, 0.5) is 9.59 Å². The molecule has 0 saturated carbocycles. The molecule has 0 saturated heterocycles. The van der Waals surface area contributed by atoms with Gasteiger partial charge in [0.1, 0.15) is 5.75 Å². The summed E-state index contributed by atoms with van der Waals surface area (Å²) in [6.45, 7) is 1.38. The van der Waals surface area contributed by atoms with Gasteiger partial charge < -0.3 is 29.6 Å². The first-order valence-electron chi connectivity index (χ1n) is 6.51. The molecule has 0 radical (unpaired) electrons. The largest absolute Gasteiger partial charge is 0.414 e. The van der Waals surface area contributed by atoms with Crippen molar-refractivity contribution in [3.8, 4) is 11.6 Å². The summed E-state index contributed by atoms with van der Waals surface area (Å²) in [6.07, 6.45) is 0.0419. The average molecular weight is 313 g/mol. The molecule has 0 fully saturated rings. The van der Waals surface area contributed by atoms with Gasteiger partial charge in [-0.25, -0.2) is 14.6 Å². The van der Waals surface area contributed by atoms with Crippen LogP contribution in [0.15, 0.2) is 18.3 Å². The van der Waals surface area contributed by atoms with Gasteiger partial charge in [0, 0.05) is 39.6 Å². The van der Waals surface area contributed by atoms with E-state index in [0.29, 0.717) is 26.3 Å². The minimum absolute atomic E-state index is 0.0112. The summed E-state index contributed by atoms with van der Waals surface area (Å²) in [5, 5.41) is 4.95. The fourth-order valence-corrected chi connectivity index (χ4v) is 1.30. The summed E-state index contributed by atoms with van der Waals surface area (Å²) in [5.41, 5.74) is 0.